The number of rotatable bonds is 5. The van der Waals surface area contributed by atoms with Crippen LogP contribution in [0.4, 0.5) is 13.2 Å². The summed E-state index contributed by atoms with van der Waals surface area (Å²) in [5.41, 5.74) is -0.918. The molecule has 0 aromatic carbocycles. The number of fused-ring (bicyclic) bond motifs is 1. The molecule has 0 atom stereocenters. The largest absolute Gasteiger partial charge is 0.481 e. The third-order valence-electron chi connectivity index (χ3n) is 3.23. The van der Waals surface area contributed by atoms with Crippen molar-refractivity contribution in [3.63, 3.8) is 0 Å². The number of halogens is 3. The summed E-state index contributed by atoms with van der Waals surface area (Å²) in [4.78, 5) is 30.9. The molecule has 24 heavy (non-hydrogen) atoms. The molecule has 0 spiro atoms. The lowest BCUT2D eigenvalue weighted by atomic mass is 10.3. The number of aromatic amines is 1. The first-order valence-electron chi connectivity index (χ1n) is 7.17. The molecule has 1 N–H and O–H groups in total. The van der Waals surface area contributed by atoms with Gasteiger partial charge in [-0.05, 0) is 6.92 Å². The predicted octanol–water partition coefficient (Wildman–Crippen LogP) is 1.94. The highest BCUT2D eigenvalue weighted by Gasteiger charge is 2.33. The Morgan fingerprint density at radius 1 is 1.33 bits per heavy atom. The number of ether oxygens (including phenoxy) is 2. The van der Waals surface area contributed by atoms with E-state index in [2.05, 4.69) is 9.97 Å². The molecule has 7 nitrogen and oxygen atoms in total. The minimum absolute atomic E-state index is 0.0169. The van der Waals surface area contributed by atoms with E-state index in [0.717, 1.165) is 0 Å². The van der Waals surface area contributed by atoms with Crippen LogP contribution in [-0.4, -0.2) is 39.9 Å². The fourth-order valence-corrected chi connectivity index (χ4v) is 2.22. The first kappa shape index (κ1) is 17.8. The molecule has 0 aliphatic heterocycles. The van der Waals surface area contributed by atoms with Crippen molar-refractivity contribution in [2.45, 2.75) is 26.4 Å². The molecule has 132 valence electrons. The number of H-pyrrole nitrogens is 1. The smallest absolute Gasteiger partial charge is 0.422 e. The van der Waals surface area contributed by atoms with Gasteiger partial charge in [-0.2, -0.15) is 13.2 Å². The standard InChI is InChI=1S/C14H16F3N3O4/c1-4-7-18-11-8(12(21)19-7)10(24-6-14(15,16)17)9(20(11)3)13(22)23-5-2/h4-6H2,1-3H3,(H,18,19,21). The molecule has 0 saturated heterocycles. The van der Waals surface area contributed by atoms with E-state index in [9.17, 15) is 22.8 Å². The van der Waals surface area contributed by atoms with Gasteiger partial charge in [-0.3, -0.25) is 4.79 Å². The van der Waals surface area contributed by atoms with E-state index < -0.39 is 30.1 Å². The highest BCUT2D eigenvalue weighted by atomic mass is 19.4. The van der Waals surface area contributed by atoms with Crippen molar-refractivity contribution in [3.8, 4) is 5.75 Å². The third-order valence-corrected chi connectivity index (χ3v) is 3.23. The Morgan fingerprint density at radius 2 is 2.00 bits per heavy atom. The van der Waals surface area contributed by atoms with Gasteiger partial charge in [0.15, 0.2) is 23.7 Å². The Hall–Kier alpha value is -2.52. The maximum atomic E-state index is 12.5. The Labute approximate surface area is 134 Å². The summed E-state index contributed by atoms with van der Waals surface area (Å²) in [6.45, 7) is 1.67. The quantitative estimate of drug-likeness (QED) is 0.836. The summed E-state index contributed by atoms with van der Waals surface area (Å²) in [5, 5.41) is -0.220. The van der Waals surface area contributed by atoms with E-state index in [0.29, 0.717) is 12.2 Å². The zero-order chi connectivity index (χ0) is 18.1. The first-order chi connectivity index (χ1) is 11.2. The lowest BCUT2D eigenvalue weighted by Crippen LogP contribution is -2.21. The van der Waals surface area contributed by atoms with Crippen LogP contribution in [0.25, 0.3) is 11.0 Å². The number of nitrogens with zero attached hydrogens (tertiary/aromatic N) is 2. The molecule has 0 bridgehead atoms. The van der Waals surface area contributed by atoms with Gasteiger partial charge in [0.05, 0.1) is 6.61 Å². The van der Waals surface area contributed by atoms with Crippen molar-refractivity contribution < 1.29 is 27.4 Å². The number of nitrogens with one attached hydrogen (secondary N) is 1. The van der Waals surface area contributed by atoms with Gasteiger partial charge in [0.1, 0.15) is 11.2 Å². The second kappa shape index (κ2) is 6.54. The normalized spacial score (nSPS) is 11.8. The second-order valence-electron chi connectivity index (χ2n) is 4.93. The predicted molar refractivity (Wildman–Crippen MR) is 78.2 cm³/mol. The molecule has 2 aromatic heterocycles. The van der Waals surface area contributed by atoms with E-state index in [1.807, 2.05) is 0 Å². The average molecular weight is 347 g/mol. The molecular weight excluding hydrogens is 331 g/mol. The molecule has 2 heterocycles. The van der Waals surface area contributed by atoms with Crippen LogP contribution in [0.2, 0.25) is 0 Å². The van der Waals surface area contributed by atoms with E-state index >= 15 is 0 Å². The molecule has 10 heteroatoms. The van der Waals surface area contributed by atoms with Gasteiger partial charge in [0, 0.05) is 13.5 Å². The number of hydrogen-bond acceptors (Lipinski definition) is 5. The van der Waals surface area contributed by atoms with Gasteiger partial charge in [-0.15, -0.1) is 0 Å². The number of aryl methyl sites for hydroxylation is 2. The number of hydrogen-bond donors (Lipinski definition) is 1. The molecule has 0 amide bonds. The maximum absolute atomic E-state index is 12.5. The molecule has 0 aliphatic carbocycles. The van der Waals surface area contributed by atoms with Crippen molar-refractivity contribution >= 4 is 17.0 Å². The van der Waals surface area contributed by atoms with Gasteiger partial charge in [-0.1, -0.05) is 6.92 Å². The summed E-state index contributed by atoms with van der Waals surface area (Å²) >= 11 is 0. The molecule has 0 saturated carbocycles. The summed E-state index contributed by atoms with van der Waals surface area (Å²) in [6, 6.07) is 0. The van der Waals surface area contributed by atoms with Gasteiger partial charge < -0.3 is 19.0 Å². The van der Waals surface area contributed by atoms with Crippen molar-refractivity contribution in [2.75, 3.05) is 13.2 Å². The summed E-state index contributed by atoms with van der Waals surface area (Å²) < 4.78 is 48.3. The maximum Gasteiger partial charge on any atom is 0.422 e. The van der Waals surface area contributed by atoms with Crippen molar-refractivity contribution in [1.82, 2.24) is 14.5 Å². The lowest BCUT2D eigenvalue weighted by Gasteiger charge is -2.10. The van der Waals surface area contributed by atoms with Crippen LogP contribution in [0.1, 0.15) is 30.2 Å². The minimum atomic E-state index is -4.63. The summed E-state index contributed by atoms with van der Waals surface area (Å²) in [7, 11) is 1.40. The van der Waals surface area contributed by atoms with Crippen LogP contribution < -0.4 is 10.3 Å². The van der Waals surface area contributed by atoms with Crippen molar-refractivity contribution in [2.24, 2.45) is 7.05 Å². The molecular formula is C14H16F3N3O4. The number of aromatic nitrogens is 3. The zero-order valence-corrected chi connectivity index (χ0v) is 13.3. The third kappa shape index (κ3) is 3.36. The topological polar surface area (TPSA) is 86.2 Å². The molecule has 0 radical (unpaired) electrons. The highest BCUT2D eigenvalue weighted by Crippen LogP contribution is 2.31. The van der Waals surface area contributed by atoms with Crippen LogP contribution in [0.15, 0.2) is 4.79 Å². The van der Waals surface area contributed by atoms with E-state index in [-0.39, 0.29) is 23.3 Å². The Bertz CT molecular complexity index is 823. The van der Waals surface area contributed by atoms with E-state index in [1.165, 1.54) is 11.6 Å². The second-order valence-corrected chi connectivity index (χ2v) is 4.93. The molecule has 0 aliphatic rings. The Kier molecular flexibility index (Phi) is 4.86. The number of carbonyl (C=O) groups excluding carboxylic acids is 1. The van der Waals surface area contributed by atoms with Crippen molar-refractivity contribution in [1.29, 1.82) is 0 Å². The fourth-order valence-electron chi connectivity index (χ4n) is 2.22. The van der Waals surface area contributed by atoms with Gasteiger partial charge in [0.2, 0.25) is 0 Å². The lowest BCUT2D eigenvalue weighted by molar-refractivity contribution is -0.153. The highest BCUT2D eigenvalue weighted by molar-refractivity contribution is 6.00. The fraction of sp³-hybridized carbons (Fsp3) is 0.500. The molecule has 2 aromatic rings. The van der Waals surface area contributed by atoms with Crippen LogP contribution in [0, 0.1) is 0 Å². The van der Waals surface area contributed by atoms with E-state index in [4.69, 9.17) is 9.47 Å². The molecule has 2 rings (SSSR count). The zero-order valence-electron chi connectivity index (χ0n) is 13.3. The van der Waals surface area contributed by atoms with Crippen LogP contribution in [-0.2, 0) is 18.2 Å². The van der Waals surface area contributed by atoms with E-state index in [1.54, 1.807) is 13.8 Å². The minimum Gasteiger partial charge on any atom is -0.481 e. The van der Waals surface area contributed by atoms with Crippen LogP contribution in [0.5, 0.6) is 5.75 Å². The Balaban J connectivity index is 2.72. The molecule has 0 fully saturated rings. The number of alkyl halides is 3. The first-order valence-corrected chi connectivity index (χ1v) is 7.17. The Morgan fingerprint density at radius 3 is 2.54 bits per heavy atom. The van der Waals surface area contributed by atoms with Gasteiger partial charge in [-0.25, -0.2) is 9.78 Å². The average Bonchev–Trinajstić information content (AvgIpc) is 2.77. The van der Waals surface area contributed by atoms with Crippen molar-refractivity contribution in [3.05, 3.63) is 21.9 Å². The van der Waals surface area contributed by atoms with Crippen LogP contribution in [0.3, 0.4) is 0 Å². The van der Waals surface area contributed by atoms with Gasteiger partial charge >= 0.3 is 12.1 Å². The SMILES string of the molecule is CCOC(=O)c1c(OCC(F)(F)F)c2c(=O)[nH]c(CC)nc2n1C. The van der Waals surface area contributed by atoms with Crippen LogP contribution >= 0.6 is 0 Å². The van der Waals surface area contributed by atoms with Gasteiger partial charge in [0.25, 0.3) is 5.56 Å². The monoisotopic (exact) mass is 347 g/mol. The number of carbonyl (C=O) groups is 1. The number of esters is 1. The molecule has 0 unspecified atom stereocenters. The summed E-state index contributed by atoms with van der Waals surface area (Å²) in [6.07, 6.45) is -4.22. The summed E-state index contributed by atoms with van der Waals surface area (Å²) in [5.74, 6) is -1.04.